The second-order valence-corrected chi connectivity index (χ2v) is 8.71. The quantitative estimate of drug-likeness (QED) is 0.504. The van der Waals surface area contributed by atoms with Gasteiger partial charge in [0.25, 0.3) is 10.0 Å². The molecule has 0 radical (unpaired) electrons. The molecule has 3 aromatic rings. The Morgan fingerprint density at radius 2 is 1.74 bits per heavy atom. The first-order valence-electron chi connectivity index (χ1n) is 7.30. The van der Waals surface area contributed by atoms with Crippen LogP contribution in [-0.2, 0) is 16.6 Å². The average molecular weight is 469 g/mol. The molecule has 0 aliphatic rings. The monoisotopic (exact) mass is 467 g/mol. The van der Waals surface area contributed by atoms with Gasteiger partial charge in [0.15, 0.2) is 0 Å². The van der Waals surface area contributed by atoms with Crippen molar-refractivity contribution in [1.82, 2.24) is 9.78 Å². The van der Waals surface area contributed by atoms with E-state index in [0.717, 1.165) is 6.07 Å². The minimum atomic E-state index is -4.04. The van der Waals surface area contributed by atoms with Crippen molar-refractivity contribution in [3.05, 3.63) is 74.2 Å². The summed E-state index contributed by atoms with van der Waals surface area (Å²) in [7, 11) is -4.04. The van der Waals surface area contributed by atoms with Crippen molar-refractivity contribution in [2.24, 2.45) is 0 Å². The number of hydrogen-bond acceptors (Lipinski definition) is 3. The Bertz CT molecular complexity index is 1100. The summed E-state index contributed by atoms with van der Waals surface area (Å²) in [4.78, 5) is -0.233. The fourth-order valence-electron chi connectivity index (χ4n) is 2.27. The average Bonchev–Trinajstić information content (AvgIpc) is 3.00. The molecular formula is C16H10Cl4FN3O2S. The lowest BCUT2D eigenvalue weighted by Crippen LogP contribution is -2.13. The van der Waals surface area contributed by atoms with Gasteiger partial charge in [-0.2, -0.15) is 5.10 Å². The minimum Gasteiger partial charge on any atom is -0.276 e. The number of benzene rings is 2. The summed E-state index contributed by atoms with van der Waals surface area (Å²) < 4.78 is 42.6. The molecule has 1 heterocycles. The molecule has 0 bridgehead atoms. The second kappa shape index (κ2) is 7.85. The summed E-state index contributed by atoms with van der Waals surface area (Å²) in [6.45, 7) is 0.0285. The van der Waals surface area contributed by atoms with E-state index in [-0.39, 0.29) is 42.8 Å². The van der Waals surface area contributed by atoms with Crippen molar-refractivity contribution in [3.8, 4) is 0 Å². The van der Waals surface area contributed by atoms with Gasteiger partial charge >= 0.3 is 0 Å². The molecule has 0 fully saturated rings. The summed E-state index contributed by atoms with van der Waals surface area (Å²) in [5, 5.41) is 4.36. The molecule has 1 N–H and O–H groups in total. The van der Waals surface area contributed by atoms with E-state index in [4.69, 9.17) is 46.4 Å². The Hall–Kier alpha value is -1.51. The van der Waals surface area contributed by atoms with Crippen LogP contribution in [0.15, 0.2) is 47.6 Å². The van der Waals surface area contributed by atoms with Crippen molar-refractivity contribution in [1.29, 1.82) is 0 Å². The molecule has 0 spiro atoms. The van der Waals surface area contributed by atoms with Crippen molar-refractivity contribution in [3.63, 3.8) is 0 Å². The van der Waals surface area contributed by atoms with E-state index < -0.39 is 15.8 Å². The van der Waals surface area contributed by atoms with E-state index in [1.807, 2.05) is 0 Å². The summed E-state index contributed by atoms with van der Waals surface area (Å²) in [6.07, 6.45) is 2.67. The molecule has 3 rings (SSSR count). The third-order valence-corrected chi connectivity index (χ3v) is 6.45. The van der Waals surface area contributed by atoms with Crippen molar-refractivity contribution < 1.29 is 12.8 Å². The highest BCUT2D eigenvalue weighted by atomic mass is 35.5. The van der Waals surface area contributed by atoms with Crippen LogP contribution in [0.25, 0.3) is 0 Å². The molecule has 11 heteroatoms. The van der Waals surface area contributed by atoms with Gasteiger partial charge in [-0.15, -0.1) is 0 Å². The minimum absolute atomic E-state index is 0.0285. The zero-order valence-electron chi connectivity index (χ0n) is 13.3. The standard InChI is InChI=1S/C16H10Cl4FN3O2S/c17-11-2-1-3-15(21)10(11)8-24-7-9(6-22-24)23-27(25,26)16-5-13(19)12(18)4-14(16)20/h1-7,23H,8H2. The van der Waals surface area contributed by atoms with Gasteiger partial charge < -0.3 is 0 Å². The summed E-state index contributed by atoms with van der Waals surface area (Å²) >= 11 is 23.6. The zero-order chi connectivity index (χ0) is 19.8. The van der Waals surface area contributed by atoms with Gasteiger partial charge in [0.2, 0.25) is 0 Å². The molecule has 0 aliphatic heterocycles. The van der Waals surface area contributed by atoms with Crippen LogP contribution < -0.4 is 4.72 Å². The lowest BCUT2D eigenvalue weighted by atomic mass is 10.2. The van der Waals surface area contributed by atoms with Crippen molar-refractivity contribution >= 4 is 62.1 Å². The van der Waals surface area contributed by atoms with Crippen LogP contribution in [0.1, 0.15) is 5.56 Å². The number of rotatable bonds is 5. The first-order valence-corrected chi connectivity index (χ1v) is 10.3. The van der Waals surface area contributed by atoms with Crippen LogP contribution >= 0.6 is 46.4 Å². The number of anilines is 1. The SMILES string of the molecule is O=S(=O)(Nc1cnn(Cc2c(F)cccc2Cl)c1)c1cc(Cl)c(Cl)cc1Cl. The molecule has 27 heavy (non-hydrogen) atoms. The number of nitrogens with one attached hydrogen (secondary N) is 1. The summed E-state index contributed by atoms with van der Waals surface area (Å²) in [5.74, 6) is -0.484. The predicted octanol–water partition coefficient (Wildman–Crippen LogP) is 5.48. The third-order valence-electron chi connectivity index (χ3n) is 3.53. The Morgan fingerprint density at radius 3 is 2.44 bits per heavy atom. The number of nitrogens with zero attached hydrogens (tertiary/aromatic N) is 2. The maximum atomic E-state index is 13.9. The largest absolute Gasteiger partial charge is 0.276 e. The molecule has 2 aromatic carbocycles. The molecule has 142 valence electrons. The van der Waals surface area contributed by atoms with E-state index in [9.17, 15) is 12.8 Å². The van der Waals surface area contributed by atoms with E-state index in [0.29, 0.717) is 0 Å². The second-order valence-electron chi connectivity index (χ2n) is 5.43. The lowest BCUT2D eigenvalue weighted by molar-refractivity contribution is 0.585. The number of aromatic nitrogens is 2. The van der Waals surface area contributed by atoms with Gasteiger partial charge in [0, 0.05) is 16.8 Å². The zero-order valence-corrected chi connectivity index (χ0v) is 17.1. The lowest BCUT2D eigenvalue weighted by Gasteiger charge is -2.09. The maximum Gasteiger partial charge on any atom is 0.263 e. The Balaban J connectivity index is 1.84. The van der Waals surface area contributed by atoms with Gasteiger partial charge in [-0.3, -0.25) is 9.40 Å². The molecule has 0 saturated carbocycles. The van der Waals surface area contributed by atoms with Crippen molar-refractivity contribution in [2.75, 3.05) is 4.72 Å². The van der Waals surface area contributed by atoms with Crippen LogP contribution in [0.4, 0.5) is 10.1 Å². The van der Waals surface area contributed by atoms with E-state index in [1.165, 1.54) is 35.3 Å². The Kier molecular flexibility index (Phi) is 5.88. The Morgan fingerprint density at radius 1 is 1.04 bits per heavy atom. The van der Waals surface area contributed by atoms with Gasteiger partial charge in [-0.05, 0) is 24.3 Å². The van der Waals surface area contributed by atoms with E-state index in [1.54, 1.807) is 6.07 Å². The molecule has 0 saturated heterocycles. The van der Waals surface area contributed by atoms with Crippen LogP contribution in [0, 0.1) is 5.82 Å². The molecule has 0 unspecified atom stereocenters. The highest BCUT2D eigenvalue weighted by Gasteiger charge is 2.21. The molecular weight excluding hydrogens is 459 g/mol. The maximum absolute atomic E-state index is 13.9. The normalized spacial score (nSPS) is 11.6. The predicted molar refractivity (Wildman–Crippen MR) is 105 cm³/mol. The van der Waals surface area contributed by atoms with Crippen LogP contribution in [0.5, 0.6) is 0 Å². The van der Waals surface area contributed by atoms with E-state index in [2.05, 4.69) is 9.82 Å². The topological polar surface area (TPSA) is 64.0 Å². The number of halogens is 5. The Labute approximate surface area is 174 Å². The van der Waals surface area contributed by atoms with E-state index >= 15 is 0 Å². The molecule has 1 aromatic heterocycles. The van der Waals surface area contributed by atoms with Crippen LogP contribution in [-0.4, -0.2) is 18.2 Å². The number of sulfonamides is 1. The molecule has 5 nitrogen and oxygen atoms in total. The summed E-state index contributed by atoms with van der Waals surface area (Å²) in [5.41, 5.74) is 0.397. The smallest absolute Gasteiger partial charge is 0.263 e. The van der Waals surface area contributed by atoms with Crippen LogP contribution in [0.3, 0.4) is 0 Å². The fourth-order valence-corrected chi connectivity index (χ4v) is 4.52. The molecule has 0 atom stereocenters. The van der Waals surface area contributed by atoms with Gasteiger partial charge in [0.1, 0.15) is 10.7 Å². The van der Waals surface area contributed by atoms with Gasteiger partial charge in [0.05, 0.1) is 33.5 Å². The first kappa shape index (κ1) is 20.2. The first-order chi connectivity index (χ1) is 12.7. The number of hydrogen-bond donors (Lipinski definition) is 1. The fraction of sp³-hybridized carbons (Fsp3) is 0.0625. The van der Waals surface area contributed by atoms with Crippen molar-refractivity contribution in [2.45, 2.75) is 11.4 Å². The third kappa shape index (κ3) is 4.50. The van der Waals surface area contributed by atoms with Gasteiger partial charge in [-0.1, -0.05) is 52.5 Å². The highest BCUT2D eigenvalue weighted by molar-refractivity contribution is 7.92. The molecule has 0 amide bonds. The highest BCUT2D eigenvalue weighted by Crippen LogP contribution is 2.32. The summed E-state index contributed by atoms with van der Waals surface area (Å²) in [6, 6.07) is 6.71. The van der Waals surface area contributed by atoms with Gasteiger partial charge in [-0.25, -0.2) is 12.8 Å². The molecule has 0 aliphatic carbocycles. The van der Waals surface area contributed by atoms with Crippen LogP contribution in [0.2, 0.25) is 20.1 Å².